The molecular weight excluding hydrogens is 218 g/mol. The summed E-state index contributed by atoms with van der Waals surface area (Å²) in [4.78, 5) is 10.6. The van der Waals surface area contributed by atoms with Crippen LogP contribution in [0.4, 0.5) is 0 Å². The van der Waals surface area contributed by atoms with Crippen LogP contribution in [-0.4, -0.2) is 30.8 Å². The number of hydrogen-bond donors (Lipinski definition) is 2. The first-order chi connectivity index (χ1) is 6.83. The Morgan fingerprint density at radius 2 is 2.07 bits per heavy atom. The number of carboxylic acid groups (broad SMARTS) is 1. The van der Waals surface area contributed by atoms with Crippen molar-refractivity contribution in [3.63, 3.8) is 0 Å². The lowest BCUT2D eigenvalue weighted by molar-refractivity contribution is -0.136. The van der Waals surface area contributed by atoms with Crippen molar-refractivity contribution < 1.29 is 18.3 Å². The van der Waals surface area contributed by atoms with Gasteiger partial charge in [0, 0.05) is 6.04 Å². The number of rotatable bonds is 4. The summed E-state index contributed by atoms with van der Waals surface area (Å²) in [5, 5.41) is 7.24. The summed E-state index contributed by atoms with van der Waals surface area (Å²) in [6, 6.07) is -0.0909. The average molecular weight is 235 g/mol. The predicted molar refractivity (Wildman–Crippen MR) is 56.0 cm³/mol. The summed E-state index contributed by atoms with van der Waals surface area (Å²) < 4.78 is 25.5. The van der Waals surface area contributed by atoms with Crippen LogP contribution in [0.15, 0.2) is 0 Å². The lowest BCUT2D eigenvalue weighted by atomic mass is 10.1. The van der Waals surface area contributed by atoms with Crippen LogP contribution in [0.1, 0.15) is 33.1 Å². The Labute approximate surface area is 89.9 Å². The molecule has 0 saturated heterocycles. The van der Waals surface area contributed by atoms with Gasteiger partial charge in [-0.1, -0.05) is 6.92 Å². The third-order valence-corrected chi connectivity index (χ3v) is 4.63. The van der Waals surface area contributed by atoms with Gasteiger partial charge < -0.3 is 5.11 Å². The minimum absolute atomic E-state index is 0.0909. The molecule has 1 aliphatic rings. The van der Waals surface area contributed by atoms with Gasteiger partial charge in [0.1, 0.15) is 0 Å². The first-order valence-electron chi connectivity index (χ1n) is 5.07. The molecule has 0 radical (unpaired) electrons. The summed E-state index contributed by atoms with van der Waals surface area (Å²) in [5.41, 5.74) is 0. The molecule has 0 heterocycles. The molecule has 6 heteroatoms. The number of nitrogens with one attached hydrogen (secondary N) is 1. The standard InChI is InChI=1S/C9H17NO4S/c1-6-3-4-8(5-6)10-15(13,14)7(2)9(11)12/h6-8,10H,3-5H2,1-2H3,(H,11,12). The van der Waals surface area contributed by atoms with Crippen LogP contribution in [0.2, 0.25) is 0 Å². The molecule has 0 bridgehead atoms. The maximum atomic E-state index is 11.5. The van der Waals surface area contributed by atoms with E-state index >= 15 is 0 Å². The van der Waals surface area contributed by atoms with Gasteiger partial charge in [-0.3, -0.25) is 4.79 Å². The molecule has 1 saturated carbocycles. The van der Waals surface area contributed by atoms with E-state index in [0.717, 1.165) is 19.3 Å². The fourth-order valence-corrected chi connectivity index (χ4v) is 2.93. The van der Waals surface area contributed by atoms with Crippen molar-refractivity contribution in [2.75, 3.05) is 0 Å². The Bertz CT molecular complexity index is 338. The molecule has 2 N–H and O–H groups in total. The molecule has 5 nitrogen and oxygen atoms in total. The lowest BCUT2D eigenvalue weighted by Crippen LogP contribution is -2.42. The fraction of sp³-hybridized carbons (Fsp3) is 0.889. The average Bonchev–Trinajstić information content (AvgIpc) is 2.48. The van der Waals surface area contributed by atoms with E-state index in [1.165, 1.54) is 6.92 Å². The fourth-order valence-electron chi connectivity index (χ4n) is 1.78. The van der Waals surface area contributed by atoms with E-state index in [1.807, 2.05) is 0 Å². The normalized spacial score (nSPS) is 28.9. The van der Waals surface area contributed by atoms with Crippen LogP contribution in [0.3, 0.4) is 0 Å². The third kappa shape index (κ3) is 3.17. The monoisotopic (exact) mass is 235 g/mol. The molecule has 3 unspecified atom stereocenters. The second-order valence-corrected chi connectivity index (χ2v) is 6.29. The molecule has 0 aromatic heterocycles. The Hall–Kier alpha value is -0.620. The van der Waals surface area contributed by atoms with Crippen molar-refractivity contribution in [2.45, 2.75) is 44.4 Å². The van der Waals surface area contributed by atoms with Crippen molar-refractivity contribution in [2.24, 2.45) is 5.92 Å². The van der Waals surface area contributed by atoms with Gasteiger partial charge in [0.25, 0.3) is 0 Å². The van der Waals surface area contributed by atoms with Gasteiger partial charge in [0.2, 0.25) is 10.0 Å². The van der Waals surface area contributed by atoms with Crippen molar-refractivity contribution >= 4 is 16.0 Å². The minimum atomic E-state index is -3.72. The molecule has 1 fully saturated rings. The van der Waals surface area contributed by atoms with E-state index in [-0.39, 0.29) is 6.04 Å². The topological polar surface area (TPSA) is 83.5 Å². The van der Waals surface area contributed by atoms with Crippen molar-refractivity contribution in [1.29, 1.82) is 0 Å². The first kappa shape index (κ1) is 12.4. The SMILES string of the molecule is CC1CCC(NS(=O)(=O)C(C)C(=O)O)C1. The minimum Gasteiger partial charge on any atom is -0.480 e. The molecule has 1 aliphatic carbocycles. The quantitative estimate of drug-likeness (QED) is 0.746. The summed E-state index contributed by atoms with van der Waals surface area (Å²) in [6.45, 7) is 3.25. The molecule has 3 atom stereocenters. The highest BCUT2D eigenvalue weighted by Crippen LogP contribution is 2.25. The zero-order chi connectivity index (χ0) is 11.6. The molecule has 0 aliphatic heterocycles. The summed E-state index contributed by atoms with van der Waals surface area (Å²) in [7, 11) is -3.72. The number of carboxylic acids is 1. The van der Waals surface area contributed by atoms with Crippen LogP contribution >= 0.6 is 0 Å². The van der Waals surface area contributed by atoms with Crippen LogP contribution < -0.4 is 4.72 Å². The van der Waals surface area contributed by atoms with Gasteiger partial charge in [-0.25, -0.2) is 13.1 Å². The highest BCUT2D eigenvalue weighted by Gasteiger charge is 2.32. The van der Waals surface area contributed by atoms with Gasteiger partial charge >= 0.3 is 5.97 Å². The molecule has 88 valence electrons. The van der Waals surface area contributed by atoms with Gasteiger partial charge in [-0.05, 0) is 32.1 Å². The largest absolute Gasteiger partial charge is 0.480 e. The zero-order valence-corrected chi connectivity index (χ0v) is 9.75. The van der Waals surface area contributed by atoms with E-state index in [2.05, 4.69) is 11.6 Å². The van der Waals surface area contributed by atoms with E-state index < -0.39 is 21.2 Å². The van der Waals surface area contributed by atoms with E-state index in [0.29, 0.717) is 5.92 Å². The Balaban J connectivity index is 2.61. The molecule has 0 aromatic rings. The molecule has 1 rings (SSSR count). The second-order valence-electron chi connectivity index (χ2n) is 4.26. The van der Waals surface area contributed by atoms with Crippen LogP contribution in [0.25, 0.3) is 0 Å². The highest BCUT2D eigenvalue weighted by molar-refractivity contribution is 7.90. The van der Waals surface area contributed by atoms with Gasteiger partial charge in [-0.2, -0.15) is 0 Å². The second kappa shape index (κ2) is 4.49. The molecule has 0 aromatic carbocycles. The van der Waals surface area contributed by atoms with Crippen LogP contribution in [-0.2, 0) is 14.8 Å². The Morgan fingerprint density at radius 1 is 1.47 bits per heavy atom. The summed E-state index contributed by atoms with van der Waals surface area (Å²) in [6.07, 6.45) is 2.59. The summed E-state index contributed by atoms with van der Waals surface area (Å²) in [5.74, 6) is -0.800. The van der Waals surface area contributed by atoms with Crippen molar-refractivity contribution in [3.05, 3.63) is 0 Å². The van der Waals surface area contributed by atoms with Crippen LogP contribution in [0, 0.1) is 5.92 Å². The highest BCUT2D eigenvalue weighted by atomic mass is 32.2. The first-order valence-corrected chi connectivity index (χ1v) is 6.61. The van der Waals surface area contributed by atoms with E-state index in [1.54, 1.807) is 0 Å². The Kier molecular flexibility index (Phi) is 3.72. The van der Waals surface area contributed by atoms with Crippen molar-refractivity contribution in [1.82, 2.24) is 4.72 Å². The number of sulfonamides is 1. The lowest BCUT2D eigenvalue weighted by Gasteiger charge is -2.15. The van der Waals surface area contributed by atoms with E-state index in [9.17, 15) is 13.2 Å². The number of carbonyl (C=O) groups is 1. The number of aliphatic carboxylic acids is 1. The van der Waals surface area contributed by atoms with Crippen molar-refractivity contribution in [3.8, 4) is 0 Å². The number of hydrogen-bond acceptors (Lipinski definition) is 3. The van der Waals surface area contributed by atoms with Crippen LogP contribution in [0.5, 0.6) is 0 Å². The third-order valence-electron chi connectivity index (χ3n) is 2.84. The maximum Gasteiger partial charge on any atom is 0.323 e. The van der Waals surface area contributed by atoms with Gasteiger partial charge in [0.15, 0.2) is 5.25 Å². The zero-order valence-electron chi connectivity index (χ0n) is 8.93. The van der Waals surface area contributed by atoms with Gasteiger partial charge in [0.05, 0.1) is 0 Å². The summed E-state index contributed by atoms with van der Waals surface area (Å²) >= 11 is 0. The maximum absolute atomic E-state index is 11.5. The van der Waals surface area contributed by atoms with E-state index in [4.69, 9.17) is 5.11 Å². The predicted octanol–water partition coefficient (Wildman–Crippen LogP) is 0.567. The molecule has 0 amide bonds. The molecule has 15 heavy (non-hydrogen) atoms. The van der Waals surface area contributed by atoms with Gasteiger partial charge in [-0.15, -0.1) is 0 Å². The Morgan fingerprint density at radius 3 is 2.47 bits per heavy atom. The molecule has 0 spiro atoms. The molecular formula is C9H17NO4S. The smallest absolute Gasteiger partial charge is 0.323 e.